The van der Waals surface area contributed by atoms with Crippen molar-refractivity contribution < 1.29 is 31.1 Å². The van der Waals surface area contributed by atoms with Crippen LogP contribution in [0.2, 0.25) is 0 Å². The fourth-order valence-corrected chi connectivity index (χ4v) is 3.89. The first-order chi connectivity index (χ1) is 16.6. The van der Waals surface area contributed by atoms with Gasteiger partial charge in [0, 0.05) is 22.5 Å². The molecule has 17 heteroatoms. The van der Waals surface area contributed by atoms with E-state index >= 15 is 0 Å². The van der Waals surface area contributed by atoms with Crippen molar-refractivity contribution in [2.45, 2.75) is 53.1 Å². The molecule has 192 valence electrons. The molecular formula is C19H18F6N10O. The van der Waals surface area contributed by atoms with Gasteiger partial charge in [0.05, 0.1) is 11.4 Å². The van der Waals surface area contributed by atoms with Gasteiger partial charge in [-0.3, -0.25) is 4.79 Å². The number of tetrazole rings is 2. The van der Waals surface area contributed by atoms with Crippen molar-refractivity contribution in [3.63, 3.8) is 0 Å². The number of aryl methyl sites for hydroxylation is 2. The number of hydrogen-bond donors (Lipinski definition) is 2. The molecule has 0 spiro atoms. The highest BCUT2D eigenvalue weighted by molar-refractivity contribution is 6.13. The van der Waals surface area contributed by atoms with Crippen LogP contribution in [0.15, 0.2) is 0 Å². The first kappa shape index (κ1) is 25.1. The molecule has 4 rings (SSSR count). The predicted octanol–water partition coefficient (Wildman–Crippen LogP) is 3.24. The summed E-state index contributed by atoms with van der Waals surface area (Å²) in [5.41, 5.74) is 2.54. The maximum absolute atomic E-state index is 13.5. The number of carbonyl (C=O) groups excluding carboxylic acids is 1. The summed E-state index contributed by atoms with van der Waals surface area (Å²) in [6, 6.07) is 0. The van der Waals surface area contributed by atoms with Crippen LogP contribution in [0.3, 0.4) is 0 Å². The van der Waals surface area contributed by atoms with Gasteiger partial charge in [0.25, 0.3) is 0 Å². The number of carbonyl (C=O) groups is 1. The molecule has 0 saturated carbocycles. The summed E-state index contributed by atoms with van der Waals surface area (Å²) in [4.78, 5) is 20.2. The molecule has 0 radical (unpaired) electrons. The molecule has 0 aliphatic carbocycles. The molecule has 0 saturated heterocycles. The molecule has 0 fully saturated rings. The number of ketones is 1. The van der Waals surface area contributed by atoms with Crippen molar-refractivity contribution in [3.05, 3.63) is 33.6 Å². The molecule has 0 aliphatic rings. The van der Waals surface area contributed by atoms with Gasteiger partial charge in [-0.05, 0) is 49.2 Å². The number of nitrogens with zero attached hydrogens (tertiary/aromatic N) is 8. The second-order valence-corrected chi connectivity index (χ2v) is 8.10. The van der Waals surface area contributed by atoms with E-state index in [0.29, 0.717) is 32.1 Å². The Kier molecular flexibility index (Phi) is 5.96. The zero-order valence-electron chi connectivity index (χ0n) is 19.2. The van der Waals surface area contributed by atoms with Crippen molar-refractivity contribution >= 4 is 5.78 Å². The molecule has 11 nitrogen and oxygen atoms in total. The maximum Gasteiger partial charge on any atom is 0.409 e. The fraction of sp³-hybridized carbons (Fsp3) is 0.421. The van der Waals surface area contributed by atoms with Crippen LogP contribution in [0.1, 0.15) is 38.4 Å². The lowest BCUT2D eigenvalue weighted by Gasteiger charge is -2.04. The van der Waals surface area contributed by atoms with Crippen molar-refractivity contribution in [1.29, 1.82) is 0 Å². The van der Waals surface area contributed by atoms with Crippen LogP contribution in [0.5, 0.6) is 0 Å². The van der Waals surface area contributed by atoms with E-state index in [4.69, 9.17) is 0 Å². The normalized spacial score (nSPS) is 12.5. The summed E-state index contributed by atoms with van der Waals surface area (Å²) >= 11 is 0. The summed E-state index contributed by atoms with van der Waals surface area (Å²) in [5.74, 6) is -0.671. The number of aromatic nitrogens is 10. The van der Waals surface area contributed by atoms with Gasteiger partial charge in [0.15, 0.2) is 18.9 Å². The third kappa shape index (κ3) is 4.85. The number of aromatic amines is 2. The lowest BCUT2D eigenvalue weighted by atomic mass is 9.96. The Bertz CT molecular complexity index is 1330. The van der Waals surface area contributed by atoms with Crippen LogP contribution in [0.25, 0.3) is 23.0 Å². The number of halogens is 6. The lowest BCUT2D eigenvalue weighted by Crippen LogP contribution is -2.19. The van der Waals surface area contributed by atoms with E-state index in [9.17, 15) is 31.1 Å². The smallest absolute Gasteiger partial charge is 0.355 e. The minimum Gasteiger partial charge on any atom is -0.355 e. The second kappa shape index (κ2) is 8.56. The zero-order valence-corrected chi connectivity index (χ0v) is 19.2. The Hall–Kier alpha value is -4.05. The largest absolute Gasteiger partial charge is 0.409 e. The highest BCUT2D eigenvalue weighted by atomic mass is 19.4. The van der Waals surface area contributed by atoms with Crippen LogP contribution in [-0.4, -0.2) is 68.5 Å². The quantitative estimate of drug-likeness (QED) is 0.297. The molecule has 0 amide bonds. The SMILES string of the molecule is Cc1[nH]c(-c2nnn(CC(F)(F)F)n2)c(C)c1C(=O)c1c(C)[nH]c(-c2nnn(CC(F)(F)F)n2)c1C. The van der Waals surface area contributed by atoms with Crippen LogP contribution >= 0.6 is 0 Å². The van der Waals surface area contributed by atoms with Crippen molar-refractivity contribution in [1.82, 2.24) is 50.4 Å². The lowest BCUT2D eigenvalue weighted by molar-refractivity contribution is -0.146. The van der Waals surface area contributed by atoms with Gasteiger partial charge in [0.2, 0.25) is 11.6 Å². The summed E-state index contributed by atoms with van der Waals surface area (Å²) < 4.78 is 75.7. The minimum absolute atomic E-state index is 0.118. The molecule has 4 aromatic rings. The van der Waals surface area contributed by atoms with Crippen LogP contribution < -0.4 is 0 Å². The van der Waals surface area contributed by atoms with Gasteiger partial charge in [-0.1, -0.05) is 0 Å². The Morgan fingerprint density at radius 2 is 1.08 bits per heavy atom. The molecule has 0 aromatic carbocycles. The highest BCUT2D eigenvalue weighted by Crippen LogP contribution is 2.32. The molecule has 36 heavy (non-hydrogen) atoms. The summed E-state index contributed by atoms with van der Waals surface area (Å²) in [6.07, 6.45) is -9.07. The van der Waals surface area contributed by atoms with Gasteiger partial charge in [-0.25, -0.2) is 0 Å². The first-order valence-corrected chi connectivity index (χ1v) is 10.3. The Balaban J connectivity index is 1.68. The predicted molar refractivity (Wildman–Crippen MR) is 110 cm³/mol. The molecule has 0 bridgehead atoms. The average molecular weight is 516 g/mol. The zero-order chi connectivity index (χ0) is 26.6. The summed E-state index contributed by atoms with van der Waals surface area (Å²) in [7, 11) is 0. The van der Waals surface area contributed by atoms with Gasteiger partial charge < -0.3 is 9.97 Å². The number of H-pyrrole nitrogens is 2. The van der Waals surface area contributed by atoms with Crippen LogP contribution in [-0.2, 0) is 13.1 Å². The van der Waals surface area contributed by atoms with E-state index in [2.05, 4.69) is 40.8 Å². The second-order valence-electron chi connectivity index (χ2n) is 8.10. The van der Waals surface area contributed by atoms with E-state index in [0.717, 1.165) is 0 Å². The minimum atomic E-state index is -4.53. The van der Waals surface area contributed by atoms with E-state index in [-0.39, 0.29) is 34.2 Å². The maximum atomic E-state index is 13.5. The fourth-order valence-electron chi connectivity index (χ4n) is 3.89. The van der Waals surface area contributed by atoms with Gasteiger partial charge in [0.1, 0.15) is 0 Å². The van der Waals surface area contributed by atoms with Crippen LogP contribution in [0.4, 0.5) is 26.3 Å². The van der Waals surface area contributed by atoms with Crippen LogP contribution in [0, 0.1) is 27.7 Å². The van der Waals surface area contributed by atoms with E-state index in [1.165, 1.54) is 0 Å². The molecule has 0 atom stereocenters. The van der Waals surface area contributed by atoms with E-state index < -0.39 is 31.2 Å². The summed E-state index contributed by atoms with van der Waals surface area (Å²) in [6.45, 7) is 3.53. The highest BCUT2D eigenvalue weighted by Gasteiger charge is 2.32. The number of rotatable bonds is 6. The number of hydrogen-bond acceptors (Lipinski definition) is 7. The van der Waals surface area contributed by atoms with Gasteiger partial charge >= 0.3 is 12.4 Å². The molecule has 2 N–H and O–H groups in total. The Morgan fingerprint density at radius 3 is 1.42 bits per heavy atom. The molecule has 4 heterocycles. The van der Waals surface area contributed by atoms with Crippen molar-refractivity contribution in [2.24, 2.45) is 0 Å². The molecule has 0 unspecified atom stereocenters. The van der Waals surface area contributed by atoms with Gasteiger partial charge in [-0.2, -0.15) is 35.9 Å². The number of alkyl halides is 6. The topological polar surface area (TPSA) is 136 Å². The van der Waals surface area contributed by atoms with Crippen molar-refractivity contribution in [2.75, 3.05) is 0 Å². The third-order valence-electron chi connectivity index (χ3n) is 5.32. The molecule has 4 aromatic heterocycles. The van der Waals surface area contributed by atoms with E-state index in [1.807, 2.05) is 0 Å². The molecular weight excluding hydrogens is 498 g/mol. The third-order valence-corrected chi connectivity index (χ3v) is 5.32. The number of nitrogens with one attached hydrogen (secondary N) is 2. The van der Waals surface area contributed by atoms with Gasteiger partial charge in [-0.15, -0.1) is 20.4 Å². The van der Waals surface area contributed by atoms with Crippen molar-refractivity contribution in [3.8, 4) is 23.0 Å². The standard InChI is InChI=1S/C19H18F6N10O/c1-7-11(9(3)26-13(7)16-28-32-34(30-16)5-18(20,21)22)15(36)12-8(2)14(27-10(12)4)17-29-33-35(31-17)6-19(23,24)25/h26-27H,5-6H2,1-4H3. The average Bonchev–Trinajstić information content (AvgIpc) is 3.47. The van der Waals surface area contributed by atoms with E-state index in [1.54, 1.807) is 27.7 Å². The Morgan fingerprint density at radius 1 is 0.722 bits per heavy atom. The first-order valence-electron chi connectivity index (χ1n) is 10.3. The molecule has 0 aliphatic heterocycles. The Labute approximate surface area is 197 Å². The summed E-state index contributed by atoms with van der Waals surface area (Å²) in [5, 5.41) is 21.6. The monoisotopic (exact) mass is 516 g/mol.